The van der Waals surface area contributed by atoms with Crippen LogP contribution in [0, 0.1) is 11.8 Å². The molecule has 8 heterocycles. The normalized spacial score (nSPS) is 16.8. The highest BCUT2D eigenvalue weighted by molar-refractivity contribution is 7.08. The third-order valence-electron chi connectivity index (χ3n) is 19.3. The number of hydrogen-bond acceptors (Lipinski definition) is 14. The number of amides is 7. The Hall–Kier alpha value is -9.29. The van der Waals surface area contributed by atoms with Gasteiger partial charge in [0.2, 0.25) is 35.4 Å². The van der Waals surface area contributed by atoms with Gasteiger partial charge in [0.05, 0.1) is 53.5 Å². The van der Waals surface area contributed by atoms with Gasteiger partial charge < -0.3 is 60.3 Å². The van der Waals surface area contributed by atoms with Crippen molar-refractivity contribution < 1.29 is 53.0 Å². The van der Waals surface area contributed by atoms with Gasteiger partial charge in [-0.1, -0.05) is 60.7 Å². The van der Waals surface area contributed by atoms with Gasteiger partial charge in [0.15, 0.2) is 11.6 Å². The number of alkyl carbamates (subject to hydrolysis) is 1. The number of aromatic nitrogens is 2. The van der Waals surface area contributed by atoms with Crippen molar-refractivity contribution in [1.82, 2.24) is 25.1 Å². The number of nitrogens with zero attached hydrogens (tertiary/aromatic N) is 6. The van der Waals surface area contributed by atoms with Crippen molar-refractivity contribution in [2.45, 2.75) is 201 Å². The summed E-state index contributed by atoms with van der Waals surface area (Å²) >= 11 is 3.10. The van der Waals surface area contributed by atoms with Crippen LogP contribution in [0.3, 0.4) is 0 Å². The van der Waals surface area contributed by atoms with Crippen LogP contribution in [0.15, 0.2) is 131 Å². The second kappa shape index (κ2) is 32.8. The molecule has 0 saturated carbocycles. The summed E-state index contributed by atoms with van der Waals surface area (Å²) in [5, 5.41) is 26.1. The lowest BCUT2D eigenvalue weighted by molar-refractivity contribution is -0.133. The summed E-state index contributed by atoms with van der Waals surface area (Å²) in [5.74, 6) is -3.08. The molecule has 12 rings (SSSR count). The molecule has 7 amide bonds. The van der Waals surface area contributed by atoms with E-state index >= 15 is 0 Å². The van der Waals surface area contributed by atoms with Crippen molar-refractivity contribution in [3.63, 3.8) is 0 Å². The molecule has 2 saturated heterocycles. The van der Waals surface area contributed by atoms with Crippen molar-refractivity contribution in [1.29, 1.82) is 0 Å². The molecule has 2 fully saturated rings. The fourth-order valence-corrected chi connectivity index (χ4v) is 15.5. The Kier molecular flexibility index (Phi) is 24.4. The zero-order valence-corrected chi connectivity index (χ0v) is 63.5. The second-order valence-electron chi connectivity index (χ2n) is 30.2. The fourth-order valence-electron chi connectivity index (χ4n) is 14.2. The molecule has 23 heteroatoms. The maximum absolute atomic E-state index is 14.6. The number of ketones is 2. The number of aliphatic hydroxyl groups excluding tert-OH is 1. The van der Waals surface area contributed by atoms with Crippen LogP contribution in [0.25, 0.3) is 21.8 Å². The van der Waals surface area contributed by atoms with Gasteiger partial charge in [0.1, 0.15) is 11.1 Å². The van der Waals surface area contributed by atoms with E-state index in [0.717, 1.165) is 85.1 Å². The lowest BCUT2D eigenvalue weighted by atomic mass is 9.85. The summed E-state index contributed by atoms with van der Waals surface area (Å²) in [4.78, 5) is 130. The summed E-state index contributed by atoms with van der Waals surface area (Å²) in [6.45, 7) is 23.7. The Morgan fingerprint density at radius 1 is 0.587 bits per heavy atom. The molecule has 4 atom stereocenters. The number of aliphatic hydroxyl groups is 1. The Morgan fingerprint density at radius 3 is 1.37 bits per heavy atom. The van der Waals surface area contributed by atoms with E-state index in [-0.39, 0.29) is 79.6 Å². The molecule has 8 aromatic rings. The van der Waals surface area contributed by atoms with Gasteiger partial charge in [0, 0.05) is 116 Å². The first-order valence-electron chi connectivity index (χ1n) is 36.1. The maximum atomic E-state index is 14.6. The first kappa shape index (κ1) is 77.3. The number of thiophene rings is 2. The number of ether oxygens (including phenoxy) is 1. The summed E-state index contributed by atoms with van der Waals surface area (Å²) in [5.41, 5.74) is 13.4. The average molecular weight is 1450 g/mol. The molecule has 0 aliphatic carbocycles. The van der Waals surface area contributed by atoms with Crippen LogP contribution in [0.4, 0.5) is 27.5 Å². The number of anilines is 4. The number of para-hydroxylation sites is 4. The monoisotopic (exact) mass is 1450 g/mol. The number of fused-ring (bicyclic) bond motifs is 4. The Morgan fingerprint density at radius 2 is 1.00 bits per heavy atom. The highest BCUT2D eigenvalue weighted by Crippen LogP contribution is 2.45. The highest BCUT2D eigenvalue weighted by Gasteiger charge is 2.43. The summed E-state index contributed by atoms with van der Waals surface area (Å²) in [6.07, 6.45) is 6.81. The number of nitrogens with two attached hydrogens (primary N) is 1. The standard InChI is InChI=1S/C42H51N5O6S.C37H43N5O4S.C2H6O/c1-26(2)46-24-30(31-13-8-9-14-33(31)46)21-32(43-39(51)42(6,7)44-40(52)53-41(3,4)5)35(48)22-29-20-28-12-10-15-34(45-18-11-16-36(45)49)37(28)47(38(29)50)23-27-17-19-54-25-27;1-23(2)41-21-27(28-10-5-6-11-30(28)41)18-29(39-36(46)37(3,4)38)32(43)19-26-17-25-9-7-12-31(40-15-8-13-33(40)44)34(25)42(35(26)45)20-24-14-16-47-22-24;1-2-3/h8-10,12-15,17,19,24-26,29,32H,11,16,18,20-23H2,1-7H3,(H,43,51)(H,44,52);5-7,9-12,14,16,21-23,26,29H,8,13,15,17-20,38H2,1-4H3,(H,39,46);3H,2H2,1H3/t29?,32-;26?,29-;/m11./s1. The quantitative estimate of drug-likeness (QED) is 0.0400. The summed E-state index contributed by atoms with van der Waals surface area (Å²) in [6, 6.07) is 30.1. The largest absolute Gasteiger partial charge is 0.444 e. The molecule has 21 nitrogen and oxygen atoms in total. The van der Waals surface area contributed by atoms with Crippen LogP contribution < -0.4 is 41.3 Å². The number of carbonyl (C=O) groups excluding carboxylic acids is 9. The van der Waals surface area contributed by atoms with E-state index in [1.807, 2.05) is 119 Å². The topological polar surface area (TPSA) is 268 Å². The molecular formula is C81H100N10O11S2. The van der Waals surface area contributed by atoms with E-state index in [1.165, 1.54) is 0 Å². The smallest absolute Gasteiger partial charge is 0.408 e. The van der Waals surface area contributed by atoms with E-state index in [2.05, 4.69) is 65.0 Å². The Bertz CT molecular complexity index is 4460. The minimum absolute atomic E-state index is 0.0325. The zero-order valence-electron chi connectivity index (χ0n) is 61.9. The van der Waals surface area contributed by atoms with E-state index < -0.39 is 58.5 Å². The highest BCUT2D eigenvalue weighted by atomic mass is 32.1. The minimum atomic E-state index is -1.42. The Balaban J connectivity index is 0.000000217. The average Bonchev–Trinajstić information content (AvgIpc) is 0.972. The molecule has 2 unspecified atom stereocenters. The maximum Gasteiger partial charge on any atom is 0.408 e. The molecule has 4 aliphatic rings. The SMILES string of the molecule is CC(C)n1cc(C[C@@H](NC(=O)C(C)(C)N)C(=O)CC2Cc3cccc(N4CCCC4=O)c3N(Cc3ccsc3)C2=O)c2ccccc21.CC(C)n1cc(C[C@@H](NC(=O)C(C)(C)NC(=O)OC(C)(C)C)C(=O)CC2Cc3cccc(N4CCCC4=O)c3N(Cc3ccsc3)C2=O)c2ccccc21.CCO. The van der Waals surface area contributed by atoms with Crippen LogP contribution >= 0.6 is 22.7 Å². The molecule has 4 aromatic heterocycles. The first-order chi connectivity index (χ1) is 49.4. The van der Waals surface area contributed by atoms with Crippen LogP contribution in [0.1, 0.15) is 167 Å². The van der Waals surface area contributed by atoms with Crippen molar-refractivity contribution in [3.05, 3.63) is 164 Å². The lowest BCUT2D eigenvalue weighted by Crippen LogP contribution is -2.59. The van der Waals surface area contributed by atoms with Gasteiger partial charge in [-0.2, -0.15) is 22.7 Å². The summed E-state index contributed by atoms with van der Waals surface area (Å²) in [7, 11) is 0. The van der Waals surface area contributed by atoms with Gasteiger partial charge in [-0.15, -0.1) is 0 Å². The second-order valence-corrected chi connectivity index (χ2v) is 31.8. The molecular weight excluding hydrogens is 1350 g/mol. The number of rotatable bonds is 23. The van der Waals surface area contributed by atoms with Crippen molar-refractivity contribution in [3.8, 4) is 0 Å². The predicted molar refractivity (Wildman–Crippen MR) is 411 cm³/mol. The number of hydrogen-bond donors (Lipinski definition) is 5. The van der Waals surface area contributed by atoms with Gasteiger partial charge in [-0.3, -0.25) is 38.4 Å². The summed E-state index contributed by atoms with van der Waals surface area (Å²) < 4.78 is 9.74. The van der Waals surface area contributed by atoms with Crippen molar-refractivity contribution in [2.24, 2.45) is 17.6 Å². The molecule has 104 heavy (non-hydrogen) atoms. The zero-order chi connectivity index (χ0) is 75.1. The Labute approximate surface area is 617 Å². The van der Waals surface area contributed by atoms with E-state index in [0.29, 0.717) is 57.5 Å². The van der Waals surface area contributed by atoms with Crippen molar-refractivity contribution in [2.75, 3.05) is 39.3 Å². The molecule has 0 bridgehead atoms. The third-order valence-corrected chi connectivity index (χ3v) is 20.8. The number of benzene rings is 4. The molecule has 0 spiro atoms. The van der Waals surface area contributed by atoms with Gasteiger partial charge in [-0.25, -0.2) is 4.79 Å². The molecule has 552 valence electrons. The fraction of sp³-hybridized carbons (Fsp3) is 0.444. The predicted octanol–water partition coefficient (Wildman–Crippen LogP) is 12.6. The number of carbonyl (C=O) groups is 9. The van der Waals surface area contributed by atoms with Crippen molar-refractivity contribution >= 4 is 120 Å². The van der Waals surface area contributed by atoms with Gasteiger partial charge in [-0.05, 0) is 200 Å². The first-order valence-corrected chi connectivity index (χ1v) is 38.0. The molecule has 6 N–H and O–H groups in total. The van der Waals surface area contributed by atoms with E-state index in [4.69, 9.17) is 15.6 Å². The van der Waals surface area contributed by atoms with Crippen LogP contribution in [0.2, 0.25) is 0 Å². The number of nitrogens with one attached hydrogen (secondary N) is 3. The molecule has 4 aliphatic heterocycles. The molecule has 4 aromatic carbocycles. The van der Waals surface area contributed by atoms with E-state index in [1.54, 1.807) is 97.7 Å². The van der Waals surface area contributed by atoms with Crippen LogP contribution in [0.5, 0.6) is 0 Å². The third kappa shape index (κ3) is 17.9. The van der Waals surface area contributed by atoms with E-state index in [9.17, 15) is 43.2 Å². The number of Topliss-reactive ketones (excluding diaryl/α,β-unsaturated/α-hetero) is 2. The molecule has 0 radical (unpaired) electrons. The van der Waals surface area contributed by atoms with Crippen LogP contribution in [-0.2, 0) is 81.9 Å². The van der Waals surface area contributed by atoms with Gasteiger partial charge in [0.25, 0.3) is 0 Å². The lowest BCUT2D eigenvalue weighted by Gasteiger charge is -2.37. The van der Waals surface area contributed by atoms with Crippen LogP contribution in [-0.4, -0.2) is 116 Å². The minimum Gasteiger partial charge on any atom is -0.444 e. The van der Waals surface area contributed by atoms with Gasteiger partial charge >= 0.3 is 6.09 Å².